The molecule has 2 N–H and O–H groups in total. The second-order valence-corrected chi connectivity index (χ2v) is 9.04. The van der Waals surface area contributed by atoms with E-state index >= 15 is 0 Å². The molecule has 5 rings (SSSR count). The van der Waals surface area contributed by atoms with E-state index in [9.17, 15) is 9.59 Å². The van der Waals surface area contributed by atoms with Gasteiger partial charge in [0.25, 0.3) is 0 Å². The third kappa shape index (κ3) is 4.15. The highest BCUT2D eigenvalue weighted by Crippen LogP contribution is 2.60. The first-order valence-electron chi connectivity index (χ1n) is 10.6. The number of hydrogen-bond acceptors (Lipinski definition) is 4. The van der Waals surface area contributed by atoms with Crippen LogP contribution in [-0.4, -0.2) is 30.5 Å². The summed E-state index contributed by atoms with van der Waals surface area (Å²) in [5, 5.41) is 6.04. The van der Waals surface area contributed by atoms with Crippen LogP contribution in [0.2, 0.25) is 0 Å². The van der Waals surface area contributed by atoms with Gasteiger partial charge in [-0.1, -0.05) is 6.07 Å². The first kappa shape index (κ1) is 19.2. The highest BCUT2D eigenvalue weighted by Gasteiger charge is 2.54. The number of carbonyl (C=O) groups excluding carboxylic acids is 2. The molecule has 2 amide bonds. The number of nitrogens with one attached hydrogen (secondary N) is 2. The fourth-order valence-electron chi connectivity index (χ4n) is 5.95. The van der Waals surface area contributed by atoms with Crippen molar-refractivity contribution in [2.45, 2.75) is 57.9 Å². The molecule has 4 aliphatic carbocycles. The Morgan fingerprint density at radius 1 is 1.11 bits per heavy atom. The molecule has 0 aliphatic heterocycles. The van der Waals surface area contributed by atoms with Crippen LogP contribution >= 0.6 is 0 Å². The van der Waals surface area contributed by atoms with Gasteiger partial charge in [-0.25, -0.2) is 4.98 Å². The largest absolute Gasteiger partial charge is 0.481 e. The van der Waals surface area contributed by atoms with Crippen molar-refractivity contribution in [1.82, 2.24) is 15.6 Å². The number of ether oxygens (including phenoxy) is 1. The first-order valence-corrected chi connectivity index (χ1v) is 10.6. The molecule has 0 spiro atoms. The smallest absolute Gasteiger partial charge is 0.226 e. The molecule has 4 aliphatic rings. The number of nitrogens with zero attached hydrogens (tertiary/aromatic N) is 1. The van der Waals surface area contributed by atoms with Crippen molar-refractivity contribution in [2.24, 2.45) is 23.2 Å². The minimum absolute atomic E-state index is 0.000119. The van der Waals surface area contributed by atoms with Gasteiger partial charge in [-0.05, 0) is 68.3 Å². The second-order valence-electron chi connectivity index (χ2n) is 9.04. The van der Waals surface area contributed by atoms with E-state index in [4.69, 9.17) is 4.74 Å². The molecule has 0 radical (unpaired) electrons. The predicted octanol–water partition coefficient (Wildman–Crippen LogP) is 2.82. The van der Waals surface area contributed by atoms with E-state index in [1.165, 1.54) is 19.3 Å². The molecule has 0 unspecified atom stereocenters. The molecule has 0 atom stereocenters. The standard InChI is InChI=1S/C22H31N3O3/c1-28-20-5-4-15(14-25-20)13-24-19(26)3-2-6-23-21(27)22-10-16-7-17(11-22)9-18(8-16)12-22/h4-5,14,16-18H,2-3,6-13H2,1H3,(H,23,27)(H,24,26). The van der Waals surface area contributed by atoms with Gasteiger partial charge in [0.2, 0.25) is 17.7 Å². The lowest BCUT2D eigenvalue weighted by Crippen LogP contribution is -2.53. The number of amides is 2. The van der Waals surface area contributed by atoms with Gasteiger partial charge in [-0.3, -0.25) is 9.59 Å². The van der Waals surface area contributed by atoms with Crippen LogP contribution in [0, 0.1) is 23.2 Å². The van der Waals surface area contributed by atoms with Crippen molar-refractivity contribution in [3.05, 3.63) is 23.9 Å². The molecule has 4 bridgehead atoms. The third-order valence-corrected chi connectivity index (χ3v) is 6.88. The topological polar surface area (TPSA) is 80.3 Å². The molecule has 28 heavy (non-hydrogen) atoms. The van der Waals surface area contributed by atoms with Crippen molar-refractivity contribution in [3.63, 3.8) is 0 Å². The monoisotopic (exact) mass is 385 g/mol. The lowest BCUT2D eigenvalue weighted by Gasteiger charge is -2.55. The lowest BCUT2D eigenvalue weighted by molar-refractivity contribution is -0.146. The Morgan fingerprint density at radius 2 is 1.79 bits per heavy atom. The van der Waals surface area contributed by atoms with Crippen LogP contribution in [0.1, 0.15) is 56.9 Å². The Hall–Kier alpha value is -2.11. The van der Waals surface area contributed by atoms with Crippen molar-refractivity contribution >= 4 is 11.8 Å². The van der Waals surface area contributed by atoms with Crippen LogP contribution in [-0.2, 0) is 16.1 Å². The zero-order chi connectivity index (χ0) is 19.6. The summed E-state index contributed by atoms with van der Waals surface area (Å²) in [6.45, 7) is 1.04. The lowest BCUT2D eigenvalue weighted by atomic mass is 9.49. The summed E-state index contributed by atoms with van der Waals surface area (Å²) < 4.78 is 5.02. The average molecular weight is 386 g/mol. The molecule has 152 valence electrons. The second kappa shape index (κ2) is 8.10. The predicted molar refractivity (Wildman–Crippen MR) is 105 cm³/mol. The Labute approximate surface area is 166 Å². The van der Waals surface area contributed by atoms with Crippen molar-refractivity contribution in [1.29, 1.82) is 0 Å². The number of aromatic nitrogens is 1. The fourth-order valence-corrected chi connectivity index (χ4v) is 5.95. The molecule has 0 aromatic carbocycles. The Morgan fingerprint density at radius 3 is 2.36 bits per heavy atom. The van der Waals surface area contributed by atoms with E-state index in [2.05, 4.69) is 15.6 Å². The van der Waals surface area contributed by atoms with Gasteiger partial charge in [-0.15, -0.1) is 0 Å². The van der Waals surface area contributed by atoms with Crippen LogP contribution in [0.4, 0.5) is 0 Å². The van der Waals surface area contributed by atoms with Gasteiger partial charge >= 0.3 is 0 Å². The van der Waals surface area contributed by atoms with E-state index in [-0.39, 0.29) is 17.2 Å². The number of rotatable bonds is 8. The molecule has 1 aromatic heterocycles. The van der Waals surface area contributed by atoms with E-state index < -0.39 is 0 Å². The summed E-state index contributed by atoms with van der Waals surface area (Å²) >= 11 is 0. The van der Waals surface area contributed by atoms with E-state index in [0.717, 1.165) is 42.6 Å². The van der Waals surface area contributed by atoms with Crippen molar-refractivity contribution < 1.29 is 14.3 Å². The molecular formula is C22H31N3O3. The average Bonchev–Trinajstić information content (AvgIpc) is 2.69. The van der Waals surface area contributed by atoms with Gasteiger partial charge in [0.15, 0.2) is 0 Å². The molecule has 6 heteroatoms. The Balaban J connectivity index is 1.15. The number of pyridine rings is 1. The summed E-state index contributed by atoms with van der Waals surface area (Å²) in [6, 6.07) is 3.67. The molecule has 1 heterocycles. The Kier molecular flexibility index (Phi) is 5.56. The quantitative estimate of drug-likeness (QED) is 0.675. The zero-order valence-electron chi connectivity index (χ0n) is 16.7. The summed E-state index contributed by atoms with van der Waals surface area (Å²) in [5.74, 6) is 3.13. The first-order chi connectivity index (χ1) is 13.6. The SMILES string of the molecule is COc1ccc(CNC(=O)CCCNC(=O)C23CC4CC(CC(C4)C2)C3)cn1. The summed E-state index contributed by atoms with van der Waals surface area (Å²) in [5.41, 5.74) is 0.836. The van der Waals surface area contributed by atoms with E-state index in [1.807, 2.05) is 6.07 Å². The third-order valence-electron chi connectivity index (χ3n) is 6.88. The summed E-state index contributed by atoms with van der Waals surface area (Å²) in [7, 11) is 1.58. The van der Waals surface area contributed by atoms with Crippen molar-refractivity contribution in [2.75, 3.05) is 13.7 Å². The fraction of sp³-hybridized carbons (Fsp3) is 0.682. The van der Waals surface area contributed by atoms with Crippen molar-refractivity contribution in [3.8, 4) is 5.88 Å². The molecule has 1 aromatic rings. The van der Waals surface area contributed by atoms with Gasteiger partial charge in [0.05, 0.1) is 7.11 Å². The molecule has 4 fully saturated rings. The van der Waals surface area contributed by atoms with Crippen LogP contribution in [0.5, 0.6) is 5.88 Å². The molecule has 0 saturated heterocycles. The van der Waals surface area contributed by atoms with Crippen LogP contribution < -0.4 is 15.4 Å². The highest BCUT2D eigenvalue weighted by molar-refractivity contribution is 5.83. The van der Waals surface area contributed by atoms with Crippen LogP contribution in [0.15, 0.2) is 18.3 Å². The van der Waals surface area contributed by atoms with Gasteiger partial charge in [0.1, 0.15) is 0 Å². The minimum atomic E-state index is -0.0988. The Bertz CT molecular complexity index is 681. The van der Waals surface area contributed by atoms with Crippen LogP contribution in [0.3, 0.4) is 0 Å². The minimum Gasteiger partial charge on any atom is -0.481 e. The van der Waals surface area contributed by atoms with Crippen LogP contribution in [0.25, 0.3) is 0 Å². The maximum atomic E-state index is 12.9. The van der Waals surface area contributed by atoms with Gasteiger partial charge in [0, 0.05) is 37.2 Å². The number of hydrogen-bond donors (Lipinski definition) is 2. The number of methoxy groups -OCH3 is 1. The van der Waals surface area contributed by atoms with Gasteiger partial charge < -0.3 is 15.4 Å². The van der Waals surface area contributed by atoms with E-state index in [0.29, 0.717) is 31.8 Å². The van der Waals surface area contributed by atoms with Gasteiger partial charge in [-0.2, -0.15) is 0 Å². The van der Waals surface area contributed by atoms with E-state index in [1.54, 1.807) is 19.4 Å². The maximum Gasteiger partial charge on any atom is 0.226 e. The normalized spacial score (nSPS) is 30.1. The summed E-state index contributed by atoms with van der Waals surface area (Å²) in [6.07, 6.45) is 10.1. The number of carbonyl (C=O) groups is 2. The molecule has 6 nitrogen and oxygen atoms in total. The maximum absolute atomic E-state index is 12.9. The highest BCUT2D eigenvalue weighted by atomic mass is 16.5. The summed E-state index contributed by atoms with van der Waals surface area (Å²) in [4.78, 5) is 29.0. The molecular weight excluding hydrogens is 354 g/mol. The molecule has 4 saturated carbocycles. The zero-order valence-corrected chi connectivity index (χ0v) is 16.7.